The van der Waals surface area contributed by atoms with Crippen LogP contribution in [-0.2, 0) is 24.4 Å². The molecule has 0 aromatic heterocycles. The lowest BCUT2D eigenvalue weighted by Crippen LogP contribution is -2.62. The Balaban J connectivity index is 3.14. The standard InChI is InChI=1S/C31H59F2N7O6S/c1-29(2,3)22(17-39(11)47(12,45)46)36-28(44)37-24(30(4,5)6)27(43)40-15-13-14-21(40)26(42)35-20(16-23(32)33)25(41)34-18-31(7,8)19-38(9)10/h20-24H,13-19H2,1-12H3,(H,34,41)(H,35,42)(H2,36,37,44)/t20-,21-,22+,24+/m0/s1. The fraction of sp³-hybridized carbons (Fsp3) is 0.871. The molecule has 0 saturated carbocycles. The molecule has 0 aromatic carbocycles. The zero-order valence-corrected chi connectivity index (χ0v) is 31.1. The molecule has 0 bridgehead atoms. The number of amides is 5. The summed E-state index contributed by atoms with van der Waals surface area (Å²) in [6.45, 7) is 15.7. The molecule has 0 spiro atoms. The van der Waals surface area contributed by atoms with E-state index < -0.39 is 81.6 Å². The Morgan fingerprint density at radius 3 is 1.96 bits per heavy atom. The summed E-state index contributed by atoms with van der Waals surface area (Å²) in [5.41, 5.74) is -1.71. The number of urea groups is 1. The van der Waals surface area contributed by atoms with Crippen molar-refractivity contribution in [2.45, 2.75) is 105 Å². The van der Waals surface area contributed by atoms with E-state index in [9.17, 15) is 36.4 Å². The van der Waals surface area contributed by atoms with Crippen LogP contribution in [0, 0.1) is 16.2 Å². The number of carbonyl (C=O) groups is 4. The molecule has 1 rings (SSSR count). The van der Waals surface area contributed by atoms with Crippen molar-refractivity contribution >= 4 is 33.8 Å². The maximum Gasteiger partial charge on any atom is 0.315 e. The third kappa shape index (κ3) is 14.2. The van der Waals surface area contributed by atoms with Gasteiger partial charge in [0.05, 0.1) is 6.26 Å². The highest BCUT2D eigenvalue weighted by Crippen LogP contribution is 2.27. The number of hydrogen-bond acceptors (Lipinski definition) is 7. The summed E-state index contributed by atoms with van der Waals surface area (Å²) in [5, 5.41) is 10.7. The van der Waals surface area contributed by atoms with Gasteiger partial charge in [-0.3, -0.25) is 14.4 Å². The lowest BCUT2D eigenvalue weighted by molar-refractivity contribution is -0.142. The van der Waals surface area contributed by atoms with E-state index in [4.69, 9.17) is 0 Å². The van der Waals surface area contributed by atoms with Gasteiger partial charge in [-0.1, -0.05) is 55.4 Å². The molecule has 0 aliphatic carbocycles. The SMILES string of the molecule is CN(C)CC(C)(C)CNC(=O)[C@H](CC(F)F)NC(=O)[C@@H]1CCCN1C(=O)[C@@H](NC(=O)N[C@H](CN(C)S(C)(=O)=O)C(C)(C)C)C(C)(C)C. The Bertz CT molecular complexity index is 1200. The molecule has 47 heavy (non-hydrogen) atoms. The number of likely N-dealkylation sites (N-methyl/N-ethyl adjacent to an activating group) is 1. The van der Waals surface area contributed by atoms with Crippen LogP contribution in [0.15, 0.2) is 0 Å². The number of alkyl halides is 2. The summed E-state index contributed by atoms with van der Waals surface area (Å²) < 4.78 is 52.2. The number of likely N-dealkylation sites (tertiary alicyclic amines) is 1. The maximum atomic E-state index is 13.9. The molecule has 0 radical (unpaired) electrons. The highest BCUT2D eigenvalue weighted by atomic mass is 32.2. The Morgan fingerprint density at radius 1 is 0.915 bits per heavy atom. The summed E-state index contributed by atoms with van der Waals surface area (Å²) in [7, 11) is 1.66. The van der Waals surface area contributed by atoms with Crippen LogP contribution in [0.4, 0.5) is 13.6 Å². The predicted octanol–water partition coefficient (Wildman–Crippen LogP) is 1.84. The molecule has 0 unspecified atom stereocenters. The molecule has 13 nitrogen and oxygen atoms in total. The minimum atomic E-state index is -3.52. The van der Waals surface area contributed by atoms with Crippen molar-refractivity contribution < 1.29 is 36.4 Å². The normalized spacial score (nSPS) is 18.2. The molecule has 4 N–H and O–H groups in total. The number of carbonyl (C=O) groups excluding carboxylic acids is 4. The zero-order valence-electron chi connectivity index (χ0n) is 30.3. The van der Waals surface area contributed by atoms with Crippen molar-refractivity contribution in [3.8, 4) is 0 Å². The van der Waals surface area contributed by atoms with E-state index >= 15 is 0 Å². The van der Waals surface area contributed by atoms with Gasteiger partial charge in [-0.15, -0.1) is 0 Å². The molecule has 1 heterocycles. The van der Waals surface area contributed by atoms with Crippen molar-refractivity contribution in [1.82, 2.24) is 35.4 Å². The largest absolute Gasteiger partial charge is 0.354 e. The second kappa shape index (κ2) is 16.7. The van der Waals surface area contributed by atoms with Crippen LogP contribution in [0.1, 0.15) is 74.7 Å². The van der Waals surface area contributed by atoms with E-state index in [-0.39, 0.29) is 31.5 Å². The Morgan fingerprint density at radius 2 is 1.49 bits per heavy atom. The molecular weight excluding hydrogens is 636 g/mol. The van der Waals surface area contributed by atoms with Crippen molar-refractivity contribution in [1.29, 1.82) is 0 Å². The predicted molar refractivity (Wildman–Crippen MR) is 178 cm³/mol. The van der Waals surface area contributed by atoms with Gasteiger partial charge in [-0.05, 0) is 43.2 Å². The number of rotatable bonds is 15. The van der Waals surface area contributed by atoms with Crippen LogP contribution in [0.2, 0.25) is 0 Å². The van der Waals surface area contributed by atoms with Gasteiger partial charge in [-0.2, -0.15) is 0 Å². The van der Waals surface area contributed by atoms with Gasteiger partial charge < -0.3 is 31.1 Å². The van der Waals surface area contributed by atoms with Gasteiger partial charge in [0, 0.05) is 45.7 Å². The Labute approximate surface area is 280 Å². The molecule has 1 aliphatic rings. The van der Waals surface area contributed by atoms with E-state index in [1.807, 2.05) is 53.6 Å². The van der Waals surface area contributed by atoms with Crippen molar-refractivity contribution in [2.24, 2.45) is 16.2 Å². The summed E-state index contributed by atoms with van der Waals surface area (Å²) in [5.74, 6) is -1.99. The maximum absolute atomic E-state index is 13.9. The van der Waals surface area contributed by atoms with Crippen LogP contribution >= 0.6 is 0 Å². The minimum Gasteiger partial charge on any atom is -0.354 e. The van der Waals surface area contributed by atoms with Gasteiger partial charge in [0.15, 0.2) is 0 Å². The molecule has 0 aromatic rings. The smallest absolute Gasteiger partial charge is 0.315 e. The average molecular weight is 696 g/mol. The zero-order chi connectivity index (χ0) is 36.7. The highest BCUT2D eigenvalue weighted by Gasteiger charge is 2.43. The Kier molecular flexibility index (Phi) is 15.1. The average Bonchev–Trinajstić information content (AvgIpc) is 3.37. The number of hydrogen-bond donors (Lipinski definition) is 4. The first-order valence-electron chi connectivity index (χ1n) is 16.0. The van der Waals surface area contributed by atoms with E-state index in [0.717, 1.165) is 10.6 Å². The van der Waals surface area contributed by atoms with E-state index in [1.165, 1.54) is 11.9 Å². The Hall–Kier alpha value is -2.59. The van der Waals surface area contributed by atoms with E-state index in [0.29, 0.717) is 13.0 Å². The molecule has 4 atom stereocenters. The van der Waals surface area contributed by atoms with Gasteiger partial charge in [0.25, 0.3) is 0 Å². The van der Waals surface area contributed by atoms with E-state index in [2.05, 4.69) is 21.3 Å². The molecule has 1 aliphatic heterocycles. The molecule has 1 fully saturated rings. The van der Waals surface area contributed by atoms with Crippen LogP contribution in [0.5, 0.6) is 0 Å². The number of nitrogens with zero attached hydrogens (tertiary/aromatic N) is 3. The first-order chi connectivity index (χ1) is 21.2. The van der Waals surface area contributed by atoms with Gasteiger partial charge in [-0.25, -0.2) is 26.3 Å². The third-order valence-electron chi connectivity index (χ3n) is 8.12. The monoisotopic (exact) mass is 695 g/mol. The second-order valence-electron chi connectivity index (χ2n) is 15.9. The summed E-state index contributed by atoms with van der Waals surface area (Å²) in [6, 6.07) is -4.93. The number of halogens is 2. The van der Waals surface area contributed by atoms with Gasteiger partial charge in [0.1, 0.15) is 18.1 Å². The first-order valence-corrected chi connectivity index (χ1v) is 17.8. The molecule has 1 saturated heterocycles. The van der Waals surface area contributed by atoms with Crippen LogP contribution in [-0.4, -0.2) is 130 Å². The van der Waals surface area contributed by atoms with Crippen molar-refractivity contribution in [2.75, 3.05) is 53.6 Å². The quantitative estimate of drug-likeness (QED) is 0.204. The lowest BCUT2D eigenvalue weighted by Gasteiger charge is -2.37. The van der Waals surface area contributed by atoms with Crippen molar-refractivity contribution in [3.63, 3.8) is 0 Å². The van der Waals surface area contributed by atoms with Crippen LogP contribution in [0.25, 0.3) is 0 Å². The molecule has 16 heteroatoms. The van der Waals surface area contributed by atoms with Gasteiger partial charge >= 0.3 is 6.03 Å². The second-order valence-corrected chi connectivity index (χ2v) is 18.0. The van der Waals surface area contributed by atoms with Gasteiger partial charge in [0.2, 0.25) is 34.2 Å². The van der Waals surface area contributed by atoms with E-state index in [1.54, 1.807) is 20.8 Å². The minimum absolute atomic E-state index is 0.00123. The number of sulfonamides is 1. The molecule has 274 valence electrons. The molecular formula is C31H59F2N7O6S. The van der Waals surface area contributed by atoms with Crippen molar-refractivity contribution in [3.05, 3.63) is 0 Å². The fourth-order valence-corrected chi connectivity index (χ4v) is 5.84. The lowest BCUT2D eigenvalue weighted by atomic mass is 9.85. The van der Waals surface area contributed by atoms with Crippen LogP contribution < -0.4 is 21.3 Å². The summed E-state index contributed by atoms with van der Waals surface area (Å²) in [6.07, 6.45) is -1.96. The summed E-state index contributed by atoms with van der Waals surface area (Å²) >= 11 is 0. The third-order valence-corrected chi connectivity index (χ3v) is 9.40. The first kappa shape index (κ1) is 42.4. The molecule has 5 amide bonds. The topological polar surface area (TPSA) is 160 Å². The summed E-state index contributed by atoms with van der Waals surface area (Å²) in [4.78, 5) is 56.9. The number of nitrogens with one attached hydrogen (secondary N) is 4. The fourth-order valence-electron chi connectivity index (χ4n) is 5.42. The van der Waals surface area contributed by atoms with Crippen LogP contribution in [0.3, 0.4) is 0 Å². The highest BCUT2D eigenvalue weighted by molar-refractivity contribution is 7.88.